The minimum Gasteiger partial charge on any atom is -0.383 e. The Morgan fingerprint density at radius 3 is 2.62 bits per heavy atom. The summed E-state index contributed by atoms with van der Waals surface area (Å²) in [5.41, 5.74) is 5.27. The first kappa shape index (κ1) is 10.2. The highest BCUT2D eigenvalue weighted by molar-refractivity contribution is 8.09. The number of sulfone groups is 1. The molecule has 1 rings (SSSR count). The van der Waals surface area contributed by atoms with Crippen molar-refractivity contribution in [1.82, 2.24) is 5.32 Å². The molecular formula is C7H13N3O2S. The monoisotopic (exact) mass is 203 g/mol. The molecule has 0 aromatic carbocycles. The van der Waals surface area contributed by atoms with Gasteiger partial charge in [0.2, 0.25) is 9.84 Å². The highest BCUT2D eigenvalue weighted by atomic mass is 32.2. The van der Waals surface area contributed by atoms with Crippen LogP contribution in [0.5, 0.6) is 0 Å². The standard InChI is InChI=1S/C7H13N3O2S/c1-5(2)9-3-7-10-6(8)4-13(7,11)12/h4-5,9H,3,8H2,1-2H3. The second-order valence-electron chi connectivity index (χ2n) is 3.13. The third kappa shape index (κ3) is 2.53. The molecule has 5 nitrogen and oxygen atoms in total. The smallest absolute Gasteiger partial charge is 0.218 e. The van der Waals surface area contributed by atoms with E-state index in [1.807, 2.05) is 13.8 Å². The number of nitrogens with one attached hydrogen (secondary N) is 1. The van der Waals surface area contributed by atoms with Crippen molar-refractivity contribution >= 4 is 14.9 Å². The van der Waals surface area contributed by atoms with E-state index in [1.165, 1.54) is 0 Å². The van der Waals surface area contributed by atoms with Crippen molar-refractivity contribution in [2.75, 3.05) is 6.54 Å². The van der Waals surface area contributed by atoms with Gasteiger partial charge in [0.25, 0.3) is 0 Å². The van der Waals surface area contributed by atoms with Gasteiger partial charge in [0, 0.05) is 12.6 Å². The zero-order valence-corrected chi connectivity index (χ0v) is 8.43. The van der Waals surface area contributed by atoms with Gasteiger partial charge in [-0.3, -0.25) is 0 Å². The molecule has 0 fully saturated rings. The predicted molar refractivity (Wildman–Crippen MR) is 51.8 cm³/mol. The van der Waals surface area contributed by atoms with Gasteiger partial charge in [-0.05, 0) is 0 Å². The summed E-state index contributed by atoms with van der Waals surface area (Å²) in [5, 5.41) is 4.04. The highest BCUT2D eigenvalue weighted by Crippen LogP contribution is 2.09. The van der Waals surface area contributed by atoms with Crippen LogP contribution in [0.1, 0.15) is 13.8 Å². The van der Waals surface area contributed by atoms with Crippen LogP contribution in [0.15, 0.2) is 16.2 Å². The summed E-state index contributed by atoms with van der Waals surface area (Å²) in [6, 6.07) is 0.222. The summed E-state index contributed by atoms with van der Waals surface area (Å²) in [6.07, 6.45) is 0. The van der Waals surface area contributed by atoms with Gasteiger partial charge in [-0.15, -0.1) is 0 Å². The van der Waals surface area contributed by atoms with E-state index < -0.39 is 9.84 Å². The molecule has 1 aliphatic rings. The van der Waals surface area contributed by atoms with Crippen LogP contribution in [-0.4, -0.2) is 26.0 Å². The quantitative estimate of drug-likeness (QED) is 0.651. The Balaban J connectivity index is 2.70. The second-order valence-corrected chi connectivity index (χ2v) is 4.93. The van der Waals surface area contributed by atoms with Crippen molar-refractivity contribution in [2.24, 2.45) is 10.7 Å². The maximum absolute atomic E-state index is 11.3. The normalized spacial score (nSPS) is 20.2. The Morgan fingerprint density at radius 1 is 1.62 bits per heavy atom. The zero-order valence-electron chi connectivity index (χ0n) is 7.61. The molecule has 0 amide bonds. The predicted octanol–water partition coefficient (Wildman–Crippen LogP) is -0.431. The van der Waals surface area contributed by atoms with Crippen LogP contribution in [0.2, 0.25) is 0 Å². The maximum Gasteiger partial charge on any atom is 0.218 e. The van der Waals surface area contributed by atoms with Crippen LogP contribution in [0.4, 0.5) is 0 Å². The molecule has 0 radical (unpaired) electrons. The lowest BCUT2D eigenvalue weighted by atomic mass is 10.4. The van der Waals surface area contributed by atoms with E-state index in [2.05, 4.69) is 10.3 Å². The number of hydrogen-bond donors (Lipinski definition) is 2. The van der Waals surface area contributed by atoms with Gasteiger partial charge in [0.05, 0.1) is 5.41 Å². The first-order valence-corrected chi connectivity index (χ1v) is 5.49. The van der Waals surface area contributed by atoms with Crippen molar-refractivity contribution in [3.8, 4) is 0 Å². The van der Waals surface area contributed by atoms with Gasteiger partial charge < -0.3 is 11.1 Å². The molecule has 74 valence electrons. The molecule has 13 heavy (non-hydrogen) atoms. The average Bonchev–Trinajstić information content (AvgIpc) is 2.19. The Labute approximate surface area is 77.6 Å². The molecule has 3 N–H and O–H groups in total. The van der Waals surface area contributed by atoms with E-state index in [-0.39, 0.29) is 23.5 Å². The summed E-state index contributed by atoms with van der Waals surface area (Å²) in [5.74, 6) is 0.0561. The molecule has 0 aliphatic carbocycles. The van der Waals surface area contributed by atoms with Gasteiger partial charge in [-0.2, -0.15) is 0 Å². The fourth-order valence-electron chi connectivity index (χ4n) is 0.892. The summed E-state index contributed by atoms with van der Waals surface area (Å²) in [4.78, 5) is 3.72. The topological polar surface area (TPSA) is 84.5 Å². The largest absolute Gasteiger partial charge is 0.383 e. The van der Waals surface area contributed by atoms with Gasteiger partial charge >= 0.3 is 0 Å². The number of nitrogens with zero attached hydrogens (tertiary/aromatic N) is 1. The van der Waals surface area contributed by atoms with E-state index in [1.54, 1.807) is 0 Å². The number of rotatable bonds is 3. The lowest BCUT2D eigenvalue weighted by Gasteiger charge is -2.06. The fourth-order valence-corrected chi connectivity index (χ4v) is 1.92. The van der Waals surface area contributed by atoms with Crippen LogP contribution in [0, 0.1) is 0 Å². The third-order valence-corrected chi connectivity index (χ3v) is 2.96. The highest BCUT2D eigenvalue weighted by Gasteiger charge is 2.23. The van der Waals surface area contributed by atoms with E-state index >= 15 is 0 Å². The molecule has 6 heteroatoms. The Kier molecular flexibility index (Phi) is 2.72. The molecule has 0 spiro atoms. The van der Waals surface area contributed by atoms with E-state index in [4.69, 9.17) is 5.73 Å². The Hall–Kier alpha value is -0.880. The molecule has 1 heterocycles. The van der Waals surface area contributed by atoms with Gasteiger partial charge in [-0.25, -0.2) is 13.4 Å². The van der Waals surface area contributed by atoms with E-state index in [0.29, 0.717) is 0 Å². The minimum atomic E-state index is -3.33. The van der Waals surface area contributed by atoms with E-state index in [0.717, 1.165) is 5.41 Å². The zero-order chi connectivity index (χ0) is 10.1. The lowest BCUT2D eigenvalue weighted by molar-refractivity contribution is 0.611. The summed E-state index contributed by atoms with van der Waals surface area (Å²) >= 11 is 0. The van der Waals surface area contributed by atoms with Crippen LogP contribution in [0.25, 0.3) is 0 Å². The van der Waals surface area contributed by atoms with Crippen LogP contribution in [-0.2, 0) is 9.84 Å². The number of hydrogen-bond acceptors (Lipinski definition) is 5. The molecular weight excluding hydrogens is 190 g/mol. The molecule has 0 saturated carbocycles. The molecule has 0 aromatic heterocycles. The number of nitrogens with two attached hydrogens (primary N) is 1. The van der Waals surface area contributed by atoms with Gasteiger partial charge in [0.15, 0.2) is 5.04 Å². The second kappa shape index (κ2) is 3.47. The summed E-state index contributed by atoms with van der Waals surface area (Å²) in [6.45, 7) is 4.09. The van der Waals surface area contributed by atoms with Crippen molar-refractivity contribution in [3.63, 3.8) is 0 Å². The van der Waals surface area contributed by atoms with Crippen LogP contribution >= 0.6 is 0 Å². The molecule has 0 unspecified atom stereocenters. The molecule has 1 aliphatic heterocycles. The first-order chi connectivity index (χ1) is 5.92. The van der Waals surface area contributed by atoms with Crippen molar-refractivity contribution < 1.29 is 8.42 Å². The summed E-state index contributed by atoms with van der Waals surface area (Å²) < 4.78 is 22.5. The first-order valence-electron chi connectivity index (χ1n) is 3.95. The van der Waals surface area contributed by atoms with Gasteiger partial charge in [-0.1, -0.05) is 13.8 Å². The number of aliphatic imine (C=N–C) groups is 1. The maximum atomic E-state index is 11.3. The molecule has 0 aromatic rings. The minimum absolute atomic E-state index is 0.0561. The fraction of sp³-hybridized carbons (Fsp3) is 0.571. The Bertz CT molecular complexity index is 354. The van der Waals surface area contributed by atoms with Crippen LogP contribution < -0.4 is 11.1 Å². The summed E-state index contributed by atoms with van der Waals surface area (Å²) in [7, 11) is -3.33. The van der Waals surface area contributed by atoms with Crippen molar-refractivity contribution in [1.29, 1.82) is 0 Å². The van der Waals surface area contributed by atoms with E-state index in [9.17, 15) is 8.42 Å². The molecule has 0 saturated heterocycles. The molecule has 0 bridgehead atoms. The SMILES string of the molecule is CC(C)NCC1=NC(N)=CS1(=O)=O. The van der Waals surface area contributed by atoms with Gasteiger partial charge in [0.1, 0.15) is 5.82 Å². The van der Waals surface area contributed by atoms with Crippen molar-refractivity contribution in [2.45, 2.75) is 19.9 Å². The van der Waals surface area contributed by atoms with Crippen LogP contribution in [0.3, 0.4) is 0 Å². The Morgan fingerprint density at radius 2 is 2.23 bits per heavy atom. The lowest BCUT2D eigenvalue weighted by Crippen LogP contribution is -2.31. The van der Waals surface area contributed by atoms with Crippen molar-refractivity contribution in [3.05, 3.63) is 11.2 Å². The third-order valence-electron chi connectivity index (χ3n) is 1.52. The molecule has 0 atom stereocenters. The average molecular weight is 203 g/mol.